The molecule has 4 heterocycles. The summed E-state index contributed by atoms with van der Waals surface area (Å²) in [5.41, 5.74) is -0.698. The first-order valence-corrected chi connectivity index (χ1v) is 10.5. The summed E-state index contributed by atoms with van der Waals surface area (Å²) >= 11 is 0. The molecule has 4 aliphatic heterocycles. The van der Waals surface area contributed by atoms with E-state index in [-0.39, 0.29) is 24.4 Å². The molecule has 1 spiro atoms. The molecule has 0 N–H and O–H groups in total. The van der Waals surface area contributed by atoms with Crippen LogP contribution in [-0.2, 0) is 38.3 Å². The lowest BCUT2D eigenvalue weighted by molar-refractivity contribution is -0.576. The molecule has 8 atom stereocenters. The predicted octanol–water partition coefficient (Wildman–Crippen LogP) is 2.86. The molecule has 162 valence electrons. The predicted molar refractivity (Wildman–Crippen MR) is 98.7 cm³/mol. The van der Waals surface area contributed by atoms with Gasteiger partial charge in [-0.05, 0) is 44.9 Å². The Bertz CT molecular complexity index is 692. The van der Waals surface area contributed by atoms with Crippen molar-refractivity contribution in [3.05, 3.63) is 12.2 Å². The molecule has 0 aromatic carbocycles. The van der Waals surface area contributed by atoms with Crippen molar-refractivity contribution in [3.63, 3.8) is 0 Å². The second-order valence-electron chi connectivity index (χ2n) is 8.80. The molecule has 8 heteroatoms. The number of carbonyl (C=O) groups excluding carboxylic acids is 2. The summed E-state index contributed by atoms with van der Waals surface area (Å²) in [7, 11) is 0. The minimum atomic E-state index is -0.878. The van der Waals surface area contributed by atoms with Crippen molar-refractivity contribution < 1.29 is 38.3 Å². The van der Waals surface area contributed by atoms with Gasteiger partial charge in [-0.15, -0.1) is 0 Å². The third kappa shape index (κ3) is 3.50. The maximum Gasteiger partial charge on any atom is 0.333 e. The molecular weight excluding hydrogens is 380 g/mol. The third-order valence-electron chi connectivity index (χ3n) is 6.97. The van der Waals surface area contributed by atoms with E-state index in [0.29, 0.717) is 5.92 Å². The highest BCUT2D eigenvalue weighted by molar-refractivity contribution is 5.91. The standard InChI is InChI=1S/C21H30O8/c1-5-24-16(22)8-9-17(23)25-18-13(3)15-7-6-12(2)14-10-11-20(4)27-19(26-18)21(14,15)29-28-20/h8-9,12-15,18-19H,5-7,10-11H2,1-4H3/b9-8+/t12-,13+,14-,15+,18-,19-,20-,21-/m1/s1. The first-order valence-electron chi connectivity index (χ1n) is 10.5. The van der Waals surface area contributed by atoms with Crippen LogP contribution in [0.5, 0.6) is 0 Å². The zero-order valence-electron chi connectivity index (χ0n) is 17.4. The number of hydrogen-bond acceptors (Lipinski definition) is 8. The monoisotopic (exact) mass is 410 g/mol. The lowest BCUT2D eigenvalue weighted by atomic mass is 9.58. The molecule has 0 amide bonds. The second kappa shape index (κ2) is 7.65. The highest BCUT2D eigenvalue weighted by atomic mass is 17.3. The molecule has 1 saturated carbocycles. The second-order valence-corrected chi connectivity index (χ2v) is 8.80. The molecule has 5 rings (SSSR count). The fourth-order valence-corrected chi connectivity index (χ4v) is 5.49. The van der Waals surface area contributed by atoms with E-state index in [9.17, 15) is 9.59 Å². The van der Waals surface area contributed by atoms with E-state index < -0.39 is 35.9 Å². The van der Waals surface area contributed by atoms with Crippen molar-refractivity contribution in [2.75, 3.05) is 6.61 Å². The van der Waals surface area contributed by atoms with E-state index in [0.717, 1.165) is 37.8 Å². The highest BCUT2D eigenvalue weighted by Crippen LogP contribution is 2.60. The van der Waals surface area contributed by atoms with Crippen molar-refractivity contribution in [1.82, 2.24) is 0 Å². The number of carbonyl (C=O) groups is 2. The summed E-state index contributed by atoms with van der Waals surface area (Å²) in [5.74, 6) is -1.46. The van der Waals surface area contributed by atoms with Gasteiger partial charge in [0.2, 0.25) is 12.1 Å². The maximum absolute atomic E-state index is 12.2. The summed E-state index contributed by atoms with van der Waals surface area (Å²) in [4.78, 5) is 35.5. The Kier molecular flexibility index (Phi) is 5.48. The van der Waals surface area contributed by atoms with Gasteiger partial charge in [0.15, 0.2) is 11.9 Å². The molecule has 5 fully saturated rings. The summed E-state index contributed by atoms with van der Waals surface area (Å²) in [6, 6.07) is 0. The van der Waals surface area contributed by atoms with Crippen molar-refractivity contribution >= 4 is 11.9 Å². The van der Waals surface area contributed by atoms with Gasteiger partial charge in [-0.1, -0.05) is 13.8 Å². The van der Waals surface area contributed by atoms with E-state index in [2.05, 4.69) is 6.92 Å². The molecular formula is C21H30O8. The molecule has 8 nitrogen and oxygen atoms in total. The average molecular weight is 410 g/mol. The van der Waals surface area contributed by atoms with Gasteiger partial charge in [0, 0.05) is 30.4 Å². The molecule has 2 bridgehead atoms. The Balaban J connectivity index is 1.55. The fraction of sp³-hybridized carbons (Fsp3) is 0.810. The quantitative estimate of drug-likeness (QED) is 0.397. The van der Waals surface area contributed by atoms with Gasteiger partial charge in [0.05, 0.1) is 6.61 Å². The first kappa shape index (κ1) is 20.8. The number of esters is 2. The van der Waals surface area contributed by atoms with Crippen LogP contribution in [-0.4, -0.2) is 42.5 Å². The van der Waals surface area contributed by atoms with Gasteiger partial charge in [0.1, 0.15) is 0 Å². The summed E-state index contributed by atoms with van der Waals surface area (Å²) in [6.45, 7) is 8.03. The molecule has 0 unspecified atom stereocenters. The van der Waals surface area contributed by atoms with Crippen LogP contribution < -0.4 is 0 Å². The van der Waals surface area contributed by atoms with Gasteiger partial charge in [0.25, 0.3) is 0 Å². The maximum atomic E-state index is 12.2. The van der Waals surface area contributed by atoms with Crippen LogP contribution in [0.2, 0.25) is 0 Å². The normalized spacial score (nSPS) is 46.1. The minimum absolute atomic E-state index is 0.0666. The molecule has 5 aliphatic rings. The zero-order valence-corrected chi connectivity index (χ0v) is 17.4. The van der Waals surface area contributed by atoms with Crippen LogP contribution in [0.25, 0.3) is 0 Å². The third-order valence-corrected chi connectivity index (χ3v) is 6.97. The molecule has 29 heavy (non-hydrogen) atoms. The van der Waals surface area contributed by atoms with Crippen molar-refractivity contribution in [2.24, 2.45) is 23.7 Å². The Morgan fingerprint density at radius 2 is 1.83 bits per heavy atom. The van der Waals surface area contributed by atoms with Crippen LogP contribution in [0.3, 0.4) is 0 Å². The Labute approximate surface area is 170 Å². The Morgan fingerprint density at radius 3 is 2.59 bits per heavy atom. The largest absolute Gasteiger partial charge is 0.463 e. The van der Waals surface area contributed by atoms with Gasteiger partial charge >= 0.3 is 11.9 Å². The van der Waals surface area contributed by atoms with Gasteiger partial charge in [-0.2, -0.15) is 0 Å². The fourth-order valence-electron chi connectivity index (χ4n) is 5.49. The van der Waals surface area contributed by atoms with Crippen LogP contribution in [0.1, 0.15) is 53.4 Å². The topological polar surface area (TPSA) is 89.5 Å². The van der Waals surface area contributed by atoms with Crippen LogP contribution in [0.4, 0.5) is 0 Å². The first-order chi connectivity index (χ1) is 13.8. The minimum Gasteiger partial charge on any atom is -0.463 e. The smallest absolute Gasteiger partial charge is 0.333 e. The SMILES string of the molecule is CCOC(=O)/C=C/C(=O)O[C@@H]1O[C@@H]2O[C@@]3(C)CC[C@@H]4[C@H](C)CC[C@@H]([C@@H]1C)[C@@]24OO3. The molecule has 0 radical (unpaired) electrons. The highest BCUT2D eigenvalue weighted by Gasteiger charge is 2.69. The van der Waals surface area contributed by atoms with E-state index >= 15 is 0 Å². The van der Waals surface area contributed by atoms with Crippen molar-refractivity contribution in [3.8, 4) is 0 Å². The van der Waals surface area contributed by atoms with Gasteiger partial charge in [-0.25, -0.2) is 19.4 Å². The van der Waals surface area contributed by atoms with E-state index in [1.165, 1.54) is 0 Å². The van der Waals surface area contributed by atoms with Crippen LogP contribution in [0.15, 0.2) is 12.2 Å². The van der Waals surface area contributed by atoms with E-state index in [4.69, 9.17) is 28.7 Å². The lowest BCUT2D eigenvalue weighted by Crippen LogP contribution is -2.70. The average Bonchev–Trinajstić information content (AvgIpc) is 2.90. The van der Waals surface area contributed by atoms with Crippen molar-refractivity contribution in [1.29, 1.82) is 0 Å². The molecule has 0 aromatic rings. The Hall–Kier alpha value is -1.48. The molecule has 0 aromatic heterocycles. The van der Waals surface area contributed by atoms with Gasteiger partial charge < -0.3 is 18.9 Å². The van der Waals surface area contributed by atoms with Crippen LogP contribution >= 0.6 is 0 Å². The summed E-state index contributed by atoms with van der Waals surface area (Å²) < 4.78 is 22.7. The van der Waals surface area contributed by atoms with E-state index in [1.807, 2.05) is 13.8 Å². The molecule has 4 saturated heterocycles. The Morgan fingerprint density at radius 1 is 1.07 bits per heavy atom. The lowest BCUT2D eigenvalue weighted by Gasteiger charge is -2.59. The summed E-state index contributed by atoms with van der Waals surface area (Å²) in [5, 5.41) is 0. The number of rotatable bonds is 4. The number of hydrogen-bond donors (Lipinski definition) is 0. The van der Waals surface area contributed by atoms with Crippen molar-refractivity contribution in [2.45, 2.75) is 77.3 Å². The number of fused-ring (bicyclic) bond motifs is 2. The van der Waals surface area contributed by atoms with E-state index in [1.54, 1.807) is 6.92 Å². The number of ether oxygens (including phenoxy) is 4. The molecule has 1 aliphatic carbocycles. The van der Waals surface area contributed by atoms with Gasteiger partial charge in [-0.3, -0.25) is 0 Å². The van der Waals surface area contributed by atoms with Crippen LogP contribution in [0, 0.1) is 23.7 Å². The summed E-state index contributed by atoms with van der Waals surface area (Å²) in [6.07, 6.45) is 4.28. The zero-order chi connectivity index (χ0) is 20.8.